The van der Waals surface area contributed by atoms with E-state index < -0.39 is 0 Å². The number of benzene rings is 1. The van der Waals surface area contributed by atoms with Crippen molar-refractivity contribution in [2.24, 2.45) is 0 Å². The summed E-state index contributed by atoms with van der Waals surface area (Å²) in [5.74, 6) is 1.78. The second kappa shape index (κ2) is 8.81. The van der Waals surface area contributed by atoms with Gasteiger partial charge in [0.05, 0.1) is 13.2 Å². The average Bonchev–Trinajstić information content (AvgIpc) is 2.40. The lowest BCUT2D eigenvalue weighted by Crippen LogP contribution is -2.17. The molecule has 0 saturated carbocycles. The standard InChI is InChI=1S/C16H27NO2/c1-5-7-13(3)19-16-11-15(18-4)9-8-14(16)12-17-10-6-2/h8-9,11,13,17H,5-7,10,12H2,1-4H3. The van der Waals surface area contributed by atoms with Crippen LogP contribution < -0.4 is 14.8 Å². The summed E-state index contributed by atoms with van der Waals surface area (Å²) in [4.78, 5) is 0. The zero-order valence-electron chi connectivity index (χ0n) is 12.7. The van der Waals surface area contributed by atoms with Crippen LogP contribution in [0.2, 0.25) is 0 Å². The Morgan fingerprint density at radius 2 is 2.00 bits per heavy atom. The smallest absolute Gasteiger partial charge is 0.127 e. The summed E-state index contributed by atoms with van der Waals surface area (Å²) in [5.41, 5.74) is 1.19. The van der Waals surface area contributed by atoms with Gasteiger partial charge < -0.3 is 14.8 Å². The summed E-state index contributed by atoms with van der Waals surface area (Å²) in [6, 6.07) is 6.05. The van der Waals surface area contributed by atoms with Gasteiger partial charge in [-0.15, -0.1) is 0 Å². The summed E-state index contributed by atoms with van der Waals surface area (Å²) in [6.45, 7) is 8.32. The predicted octanol–water partition coefficient (Wildman–Crippen LogP) is 3.76. The van der Waals surface area contributed by atoms with Crippen molar-refractivity contribution in [3.05, 3.63) is 23.8 Å². The molecular weight excluding hydrogens is 238 g/mol. The highest BCUT2D eigenvalue weighted by Crippen LogP contribution is 2.26. The minimum absolute atomic E-state index is 0.238. The summed E-state index contributed by atoms with van der Waals surface area (Å²) in [6.07, 6.45) is 3.58. The average molecular weight is 265 g/mol. The molecule has 0 spiro atoms. The highest BCUT2D eigenvalue weighted by Gasteiger charge is 2.09. The molecule has 3 heteroatoms. The van der Waals surface area contributed by atoms with Crippen molar-refractivity contribution < 1.29 is 9.47 Å². The molecule has 0 aromatic heterocycles. The first kappa shape index (κ1) is 15.8. The maximum atomic E-state index is 6.04. The van der Waals surface area contributed by atoms with Crippen LogP contribution in [-0.4, -0.2) is 19.8 Å². The third-order valence-electron chi connectivity index (χ3n) is 3.04. The number of hydrogen-bond donors (Lipinski definition) is 1. The van der Waals surface area contributed by atoms with Crippen molar-refractivity contribution in [2.45, 2.75) is 52.7 Å². The Balaban J connectivity index is 2.76. The second-order valence-corrected chi connectivity index (χ2v) is 4.87. The molecule has 1 unspecified atom stereocenters. The molecule has 108 valence electrons. The molecule has 1 rings (SSSR count). The summed E-state index contributed by atoms with van der Waals surface area (Å²) in [7, 11) is 1.68. The van der Waals surface area contributed by atoms with Crippen LogP contribution >= 0.6 is 0 Å². The van der Waals surface area contributed by atoms with Crippen molar-refractivity contribution in [1.29, 1.82) is 0 Å². The molecule has 0 radical (unpaired) electrons. The van der Waals surface area contributed by atoms with E-state index in [1.807, 2.05) is 12.1 Å². The van der Waals surface area contributed by atoms with Crippen LogP contribution in [0.1, 0.15) is 45.6 Å². The molecule has 0 aliphatic carbocycles. The van der Waals surface area contributed by atoms with Crippen molar-refractivity contribution in [3.63, 3.8) is 0 Å². The Labute approximate surface area is 117 Å². The molecule has 1 N–H and O–H groups in total. The number of ether oxygens (including phenoxy) is 2. The van der Waals surface area contributed by atoms with E-state index in [9.17, 15) is 0 Å². The lowest BCUT2D eigenvalue weighted by molar-refractivity contribution is 0.206. The van der Waals surface area contributed by atoms with Crippen LogP contribution in [0.15, 0.2) is 18.2 Å². The zero-order valence-corrected chi connectivity index (χ0v) is 12.7. The first-order valence-electron chi connectivity index (χ1n) is 7.25. The molecule has 1 aromatic carbocycles. The van der Waals surface area contributed by atoms with Gasteiger partial charge in [0.1, 0.15) is 11.5 Å². The van der Waals surface area contributed by atoms with Gasteiger partial charge in [0.2, 0.25) is 0 Å². The molecule has 3 nitrogen and oxygen atoms in total. The fourth-order valence-corrected chi connectivity index (χ4v) is 2.00. The van der Waals surface area contributed by atoms with Gasteiger partial charge in [0, 0.05) is 18.2 Å². The van der Waals surface area contributed by atoms with E-state index in [1.54, 1.807) is 7.11 Å². The fraction of sp³-hybridized carbons (Fsp3) is 0.625. The zero-order chi connectivity index (χ0) is 14.1. The minimum atomic E-state index is 0.238. The number of methoxy groups -OCH3 is 1. The van der Waals surface area contributed by atoms with Gasteiger partial charge in [0.25, 0.3) is 0 Å². The van der Waals surface area contributed by atoms with Crippen LogP contribution in [0.25, 0.3) is 0 Å². The molecule has 0 amide bonds. The van der Waals surface area contributed by atoms with E-state index in [2.05, 4.69) is 32.2 Å². The number of nitrogens with one attached hydrogen (secondary N) is 1. The lowest BCUT2D eigenvalue weighted by Gasteiger charge is -2.18. The van der Waals surface area contributed by atoms with Crippen molar-refractivity contribution in [1.82, 2.24) is 5.32 Å². The van der Waals surface area contributed by atoms with E-state index in [0.717, 1.165) is 43.9 Å². The molecule has 0 saturated heterocycles. The Bertz CT molecular complexity index is 366. The Hall–Kier alpha value is -1.22. The summed E-state index contributed by atoms with van der Waals surface area (Å²) >= 11 is 0. The van der Waals surface area contributed by atoms with Gasteiger partial charge in [0.15, 0.2) is 0 Å². The largest absolute Gasteiger partial charge is 0.497 e. The van der Waals surface area contributed by atoms with Crippen molar-refractivity contribution in [2.75, 3.05) is 13.7 Å². The second-order valence-electron chi connectivity index (χ2n) is 4.87. The Morgan fingerprint density at radius 3 is 2.63 bits per heavy atom. The maximum Gasteiger partial charge on any atom is 0.127 e. The van der Waals surface area contributed by atoms with Gasteiger partial charge in [-0.05, 0) is 32.4 Å². The molecule has 0 bridgehead atoms. The third kappa shape index (κ3) is 5.52. The van der Waals surface area contributed by atoms with Gasteiger partial charge in [-0.25, -0.2) is 0 Å². The number of rotatable bonds is 9. The monoisotopic (exact) mass is 265 g/mol. The normalized spacial score (nSPS) is 12.2. The molecule has 0 aliphatic rings. The molecule has 19 heavy (non-hydrogen) atoms. The van der Waals surface area contributed by atoms with Gasteiger partial charge >= 0.3 is 0 Å². The quantitative estimate of drug-likeness (QED) is 0.690. The maximum absolute atomic E-state index is 6.04. The van der Waals surface area contributed by atoms with Crippen LogP contribution in [0.4, 0.5) is 0 Å². The topological polar surface area (TPSA) is 30.5 Å². The minimum Gasteiger partial charge on any atom is -0.497 e. The fourth-order valence-electron chi connectivity index (χ4n) is 2.00. The molecule has 1 atom stereocenters. The molecule has 0 aliphatic heterocycles. The molecule has 0 heterocycles. The highest BCUT2D eigenvalue weighted by molar-refractivity contribution is 5.40. The van der Waals surface area contributed by atoms with Gasteiger partial charge in [-0.3, -0.25) is 0 Å². The Kier molecular flexibility index (Phi) is 7.34. The first-order valence-corrected chi connectivity index (χ1v) is 7.25. The van der Waals surface area contributed by atoms with E-state index in [1.165, 1.54) is 5.56 Å². The summed E-state index contributed by atoms with van der Waals surface area (Å²) in [5, 5.41) is 3.41. The van der Waals surface area contributed by atoms with Gasteiger partial charge in [-0.2, -0.15) is 0 Å². The third-order valence-corrected chi connectivity index (χ3v) is 3.04. The van der Waals surface area contributed by atoms with Crippen molar-refractivity contribution in [3.8, 4) is 11.5 Å². The van der Waals surface area contributed by atoms with Gasteiger partial charge in [-0.1, -0.05) is 26.3 Å². The first-order chi connectivity index (χ1) is 9.21. The SMILES string of the molecule is CCCNCc1ccc(OC)cc1OC(C)CCC. The van der Waals surface area contributed by atoms with Crippen LogP contribution in [0, 0.1) is 0 Å². The van der Waals surface area contributed by atoms with E-state index in [0.29, 0.717) is 0 Å². The predicted molar refractivity (Wildman–Crippen MR) is 80.0 cm³/mol. The molecule has 0 fully saturated rings. The number of hydrogen-bond acceptors (Lipinski definition) is 3. The van der Waals surface area contributed by atoms with Crippen LogP contribution in [0.3, 0.4) is 0 Å². The van der Waals surface area contributed by atoms with Crippen molar-refractivity contribution >= 4 is 0 Å². The van der Waals surface area contributed by atoms with E-state index >= 15 is 0 Å². The lowest BCUT2D eigenvalue weighted by atomic mass is 10.1. The van der Waals surface area contributed by atoms with E-state index in [4.69, 9.17) is 9.47 Å². The van der Waals surface area contributed by atoms with Crippen LogP contribution in [-0.2, 0) is 6.54 Å². The van der Waals surface area contributed by atoms with E-state index in [-0.39, 0.29) is 6.10 Å². The Morgan fingerprint density at radius 1 is 1.21 bits per heavy atom. The summed E-state index contributed by atoms with van der Waals surface area (Å²) < 4.78 is 11.3. The highest BCUT2D eigenvalue weighted by atomic mass is 16.5. The van der Waals surface area contributed by atoms with Crippen LogP contribution in [0.5, 0.6) is 11.5 Å². The molecular formula is C16H27NO2. The molecule has 1 aromatic rings.